The van der Waals surface area contributed by atoms with Crippen LogP contribution in [0.2, 0.25) is 0 Å². The van der Waals surface area contributed by atoms with Gasteiger partial charge in [-0.25, -0.2) is 0 Å². The van der Waals surface area contributed by atoms with E-state index in [0.717, 1.165) is 36.3 Å². The first-order valence-corrected chi connectivity index (χ1v) is 8.00. The molecule has 0 aromatic heterocycles. The highest BCUT2D eigenvalue weighted by atomic mass is 16.5. The van der Waals surface area contributed by atoms with Crippen LogP contribution in [0, 0.1) is 25.7 Å². The number of rotatable bonds is 7. The molecule has 1 N–H and O–H groups in total. The molecule has 3 heteroatoms. The third kappa shape index (κ3) is 3.58. The van der Waals surface area contributed by atoms with Crippen molar-refractivity contribution >= 4 is 5.97 Å². The van der Waals surface area contributed by atoms with Gasteiger partial charge in [-0.2, -0.15) is 0 Å². The molecule has 0 spiro atoms. The first kappa shape index (κ1) is 14.4. The number of carbonyl (C=O) groups is 1. The van der Waals surface area contributed by atoms with Crippen molar-refractivity contribution < 1.29 is 14.6 Å². The first-order chi connectivity index (χ1) is 10.0. The quantitative estimate of drug-likeness (QED) is 0.823. The number of aryl methyl sites for hydroxylation is 2. The van der Waals surface area contributed by atoms with Gasteiger partial charge < -0.3 is 9.84 Å². The van der Waals surface area contributed by atoms with Crippen molar-refractivity contribution in [3.05, 3.63) is 28.8 Å². The number of carboxylic acid groups (broad SMARTS) is 1. The molecule has 1 aromatic carbocycles. The molecule has 0 aliphatic heterocycles. The van der Waals surface area contributed by atoms with Gasteiger partial charge in [-0.3, -0.25) is 4.79 Å². The molecule has 2 aliphatic carbocycles. The van der Waals surface area contributed by atoms with Crippen LogP contribution in [0.4, 0.5) is 0 Å². The van der Waals surface area contributed by atoms with Gasteiger partial charge in [0.1, 0.15) is 5.75 Å². The summed E-state index contributed by atoms with van der Waals surface area (Å²) in [6.07, 6.45) is 5.04. The molecule has 3 rings (SSSR count). The molecule has 1 unspecified atom stereocenters. The van der Waals surface area contributed by atoms with E-state index in [1.54, 1.807) is 0 Å². The molecule has 0 heterocycles. The van der Waals surface area contributed by atoms with Crippen molar-refractivity contribution in [1.29, 1.82) is 0 Å². The molecule has 3 nitrogen and oxygen atoms in total. The van der Waals surface area contributed by atoms with Crippen molar-refractivity contribution in [1.82, 2.24) is 0 Å². The molecule has 114 valence electrons. The Kier molecular flexibility index (Phi) is 3.92. The fourth-order valence-electron chi connectivity index (χ4n) is 3.16. The van der Waals surface area contributed by atoms with Gasteiger partial charge in [-0.05, 0) is 62.5 Å². The standard InChI is InChI=1S/C18H24O3/c1-11-7-12(2)18(21-10-13-3-4-13)16(8-11)15(9-17(19)20)14-5-6-14/h7-8,13-15H,3-6,9-10H2,1-2H3,(H,19,20). The summed E-state index contributed by atoms with van der Waals surface area (Å²) < 4.78 is 6.09. The van der Waals surface area contributed by atoms with Crippen LogP contribution in [0.5, 0.6) is 5.75 Å². The van der Waals surface area contributed by atoms with Gasteiger partial charge in [0, 0.05) is 5.92 Å². The molecule has 2 saturated carbocycles. The minimum Gasteiger partial charge on any atom is -0.493 e. The Morgan fingerprint density at radius 2 is 2.00 bits per heavy atom. The van der Waals surface area contributed by atoms with E-state index in [2.05, 4.69) is 26.0 Å². The van der Waals surface area contributed by atoms with Gasteiger partial charge in [0.05, 0.1) is 13.0 Å². The maximum absolute atomic E-state index is 11.2. The second-order valence-corrected chi connectivity index (χ2v) is 6.80. The predicted molar refractivity (Wildman–Crippen MR) is 81.9 cm³/mol. The zero-order chi connectivity index (χ0) is 15.0. The third-order valence-electron chi connectivity index (χ3n) is 4.59. The Morgan fingerprint density at radius 3 is 2.57 bits per heavy atom. The Hall–Kier alpha value is -1.51. The van der Waals surface area contributed by atoms with Crippen molar-refractivity contribution in [2.24, 2.45) is 11.8 Å². The molecule has 21 heavy (non-hydrogen) atoms. The van der Waals surface area contributed by atoms with Gasteiger partial charge in [0.25, 0.3) is 0 Å². The monoisotopic (exact) mass is 288 g/mol. The lowest BCUT2D eigenvalue weighted by Gasteiger charge is -2.21. The summed E-state index contributed by atoms with van der Waals surface area (Å²) in [7, 11) is 0. The smallest absolute Gasteiger partial charge is 0.303 e. The molecule has 1 atom stereocenters. The number of hydrogen-bond acceptors (Lipinski definition) is 2. The molecule has 0 radical (unpaired) electrons. The Bertz CT molecular complexity index is 542. The SMILES string of the molecule is Cc1cc(C)c(OCC2CC2)c(C(CC(=O)O)C2CC2)c1. The van der Waals surface area contributed by atoms with Gasteiger partial charge in [0.2, 0.25) is 0 Å². The van der Waals surface area contributed by atoms with E-state index in [1.165, 1.54) is 18.4 Å². The topological polar surface area (TPSA) is 46.5 Å². The highest BCUT2D eigenvalue weighted by molar-refractivity contribution is 5.68. The second kappa shape index (κ2) is 5.70. The van der Waals surface area contributed by atoms with E-state index in [9.17, 15) is 9.90 Å². The fraction of sp³-hybridized carbons (Fsp3) is 0.611. The number of ether oxygens (including phenoxy) is 1. The molecule has 2 fully saturated rings. The second-order valence-electron chi connectivity index (χ2n) is 6.80. The van der Waals surface area contributed by atoms with E-state index >= 15 is 0 Å². The lowest BCUT2D eigenvalue weighted by atomic mass is 9.88. The Labute approximate surface area is 126 Å². The summed E-state index contributed by atoms with van der Waals surface area (Å²) in [4.78, 5) is 11.2. The number of benzene rings is 1. The zero-order valence-corrected chi connectivity index (χ0v) is 12.9. The van der Waals surface area contributed by atoms with Crippen molar-refractivity contribution in [2.45, 2.75) is 51.9 Å². The van der Waals surface area contributed by atoms with Crippen molar-refractivity contribution in [3.63, 3.8) is 0 Å². The van der Waals surface area contributed by atoms with Gasteiger partial charge in [-0.15, -0.1) is 0 Å². The summed E-state index contributed by atoms with van der Waals surface area (Å²) >= 11 is 0. The van der Waals surface area contributed by atoms with Gasteiger partial charge in [-0.1, -0.05) is 17.7 Å². The highest BCUT2D eigenvalue weighted by Crippen LogP contribution is 2.48. The van der Waals surface area contributed by atoms with Crippen molar-refractivity contribution in [3.8, 4) is 5.75 Å². The first-order valence-electron chi connectivity index (χ1n) is 8.00. The summed E-state index contributed by atoms with van der Waals surface area (Å²) in [6.45, 7) is 4.93. The average Bonchev–Trinajstić information content (AvgIpc) is 3.25. The largest absolute Gasteiger partial charge is 0.493 e. The van der Waals surface area contributed by atoms with E-state index < -0.39 is 5.97 Å². The molecule has 0 bridgehead atoms. The van der Waals surface area contributed by atoms with Crippen LogP contribution < -0.4 is 4.74 Å². The van der Waals surface area contributed by atoms with Gasteiger partial charge >= 0.3 is 5.97 Å². The van der Waals surface area contributed by atoms with Crippen LogP contribution in [-0.4, -0.2) is 17.7 Å². The van der Waals surface area contributed by atoms with E-state index in [1.807, 2.05) is 0 Å². The van der Waals surface area contributed by atoms with Crippen LogP contribution in [0.15, 0.2) is 12.1 Å². The predicted octanol–water partition coefficient (Wildman–Crippen LogP) is 4.06. The number of carboxylic acids is 1. The van der Waals surface area contributed by atoms with Crippen LogP contribution >= 0.6 is 0 Å². The van der Waals surface area contributed by atoms with Crippen LogP contribution in [0.1, 0.15) is 54.7 Å². The Morgan fingerprint density at radius 1 is 1.29 bits per heavy atom. The van der Waals surface area contributed by atoms with Gasteiger partial charge in [0.15, 0.2) is 0 Å². The third-order valence-corrected chi connectivity index (χ3v) is 4.59. The Balaban J connectivity index is 1.90. The minimum absolute atomic E-state index is 0.107. The summed E-state index contributed by atoms with van der Waals surface area (Å²) in [5.74, 6) is 1.57. The maximum atomic E-state index is 11.2. The van der Waals surface area contributed by atoms with Crippen LogP contribution in [0.3, 0.4) is 0 Å². The summed E-state index contributed by atoms with van der Waals surface area (Å²) in [5.41, 5.74) is 3.46. The molecular weight excluding hydrogens is 264 g/mol. The average molecular weight is 288 g/mol. The molecule has 0 amide bonds. The van der Waals surface area contributed by atoms with E-state index in [4.69, 9.17) is 4.74 Å². The van der Waals surface area contributed by atoms with Crippen LogP contribution in [0.25, 0.3) is 0 Å². The maximum Gasteiger partial charge on any atom is 0.303 e. The molecule has 2 aliphatic rings. The highest BCUT2D eigenvalue weighted by Gasteiger charge is 2.36. The normalized spacial score (nSPS) is 19.3. The molecule has 1 aromatic rings. The minimum atomic E-state index is -0.709. The van der Waals surface area contributed by atoms with E-state index in [0.29, 0.717) is 11.8 Å². The van der Waals surface area contributed by atoms with E-state index in [-0.39, 0.29) is 12.3 Å². The number of hydrogen-bond donors (Lipinski definition) is 1. The van der Waals surface area contributed by atoms with Crippen LogP contribution in [-0.2, 0) is 4.79 Å². The van der Waals surface area contributed by atoms with Crippen molar-refractivity contribution in [2.75, 3.05) is 6.61 Å². The summed E-state index contributed by atoms with van der Waals surface area (Å²) in [6, 6.07) is 4.28. The number of aliphatic carboxylic acids is 1. The molecule has 0 saturated heterocycles. The summed E-state index contributed by atoms with van der Waals surface area (Å²) in [5, 5.41) is 9.24. The zero-order valence-electron chi connectivity index (χ0n) is 12.9. The fourth-order valence-corrected chi connectivity index (χ4v) is 3.16. The lowest BCUT2D eigenvalue weighted by Crippen LogP contribution is -2.12. The molecular formula is C18H24O3. The lowest BCUT2D eigenvalue weighted by molar-refractivity contribution is -0.137.